The maximum Gasteiger partial charge on any atom is 0.256 e. The molecule has 0 radical (unpaired) electrons. The van der Waals surface area contributed by atoms with Crippen molar-refractivity contribution in [1.29, 1.82) is 0 Å². The van der Waals surface area contributed by atoms with Crippen LogP contribution in [0.2, 0.25) is 0 Å². The van der Waals surface area contributed by atoms with Crippen LogP contribution >= 0.6 is 0 Å². The summed E-state index contributed by atoms with van der Waals surface area (Å²) >= 11 is 0. The summed E-state index contributed by atoms with van der Waals surface area (Å²) in [5.41, 5.74) is 2.91. The van der Waals surface area contributed by atoms with E-state index in [0.717, 1.165) is 25.9 Å². The zero-order chi connectivity index (χ0) is 25.3. The molecule has 0 aliphatic heterocycles. The van der Waals surface area contributed by atoms with Gasteiger partial charge < -0.3 is 0 Å². The second kappa shape index (κ2) is 17.2. The third-order valence-corrected chi connectivity index (χ3v) is 7.62. The van der Waals surface area contributed by atoms with Crippen LogP contribution in [0.25, 0.3) is 0 Å². The molecule has 0 bridgehead atoms. The van der Waals surface area contributed by atoms with Gasteiger partial charge in [0.25, 0.3) is 5.82 Å². The number of benzene rings is 2. The van der Waals surface area contributed by atoms with E-state index in [4.69, 9.17) is 0 Å². The Morgan fingerprint density at radius 1 is 0.694 bits per heavy atom. The standard InChI is InChI=1S/C34H51N2/c1-3-5-6-7-8-9-10-11-12-19-27-36-29-28-35(26-4-2)34(36)25-24-33(32-22-17-14-18-23-32)30-31-20-15-13-16-21-31/h13-18,20-23,28-29,33H,3-12,19,24-27,30H2,1-2H3/q+1/t33-/m0/s1. The Bertz CT molecular complexity index is 928. The summed E-state index contributed by atoms with van der Waals surface area (Å²) in [5.74, 6) is 2.06. The van der Waals surface area contributed by atoms with Gasteiger partial charge in [-0.1, -0.05) is 126 Å². The molecule has 3 rings (SSSR count). The van der Waals surface area contributed by atoms with Gasteiger partial charge in [0.05, 0.1) is 13.1 Å². The van der Waals surface area contributed by atoms with Crippen LogP contribution in [0.3, 0.4) is 0 Å². The van der Waals surface area contributed by atoms with Crippen molar-refractivity contribution in [3.05, 3.63) is 90.0 Å². The van der Waals surface area contributed by atoms with Crippen LogP contribution in [-0.2, 0) is 25.9 Å². The minimum absolute atomic E-state index is 0.546. The molecule has 1 heterocycles. The van der Waals surface area contributed by atoms with Crippen LogP contribution in [-0.4, -0.2) is 4.57 Å². The van der Waals surface area contributed by atoms with E-state index in [9.17, 15) is 0 Å². The lowest BCUT2D eigenvalue weighted by Gasteiger charge is -2.17. The average Bonchev–Trinajstić information content (AvgIpc) is 3.30. The highest BCUT2D eigenvalue weighted by Crippen LogP contribution is 2.26. The molecule has 0 aliphatic rings. The van der Waals surface area contributed by atoms with Gasteiger partial charge in [0.1, 0.15) is 12.4 Å². The first-order chi connectivity index (χ1) is 17.8. The van der Waals surface area contributed by atoms with Crippen LogP contribution in [0.4, 0.5) is 0 Å². The summed E-state index contributed by atoms with van der Waals surface area (Å²) < 4.78 is 5.08. The Kier molecular flexibility index (Phi) is 13.5. The maximum atomic E-state index is 2.56. The minimum Gasteiger partial charge on any atom is -0.234 e. The molecule has 2 nitrogen and oxygen atoms in total. The first-order valence-electron chi connectivity index (χ1n) is 15.0. The van der Waals surface area contributed by atoms with Crippen molar-refractivity contribution in [2.45, 2.75) is 123 Å². The zero-order valence-electron chi connectivity index (χ0n) is 23.2. The summed E-state index contributed by atoms with van der Waals surface area (Å²) in [7, 11) is 0. The van der Waals surface area contributed by atoms with Crippen molar-refractivity contribution in [3.63, 3.8) is 0 Å². The molecular weight excluding hydrogens is 436 g/mol. The Hall–Kier alpha value is -2.35. The lowest BCUT2D eigenvalue weighted by Crippen LogP contribution is -2.37. The molecule has 36 heavy (non-hydrogen) atoms. The van der Waals surface area contributed by atoms with Crippen LogP contribution in [0, 0.1) is 0 Å². The van der Waals surface area contributed by atoms with Crippen molar-refractivity contribution >= 4 is 0 Å². The fourth-order valence-corrected chi connectivity index (χ4v) is 5.52. The molecule has 0 saturated carbocycles. The molecule has 0 N–H and O–H groups in total. The van der Waals surface area contributed by atoms with Gasteiger partial charge in [-0.05, 0) is 49.1 Å². The van der Waals surface area contributed by atoms with E-state index in [0.29, 0.717) is 5.92 Å². The monoisotopic (exact) mass is 487 g/mol. The number of aromatic nitrogens is 2. The summed E-state index contributed by atoms with van der Waals surface area (Å²) in [4.78, 5) is 0. The van der Waals surface area contributed by atoms with Crippen LogP contribution in [0.15, 0.2) is 73.1 Å². The van der Waals surface area contributed by atoms with Gasteiger partial charge in [-0.25, -0.2) is 9.13 Å². The van der Waals surface area contributed by atoms with Gasteiger partial charge in [-0.15, -0.1) is 0 Å². The second-order valence-corrected chi connectivity index (χ2v) is 10.6. The number of imidazole rings is 1. The normalized spacial score (nSPS) is 12.2. The third-order valence-electron chi connectivity index (χ3n) is 7.62. The van der Waals surface area contributed by atoms with Gasteiger partial charge in [-0.2, -0.15) is 0 Å². The number of nitrogens with zero attached hydrogens (tertiary/aromatic N) is 2. The van der Waals surface area contributed by atoms with E-state index in [1.807, 2.05) is 0 Å². The summed E-state index contributed by atoms with van der Waals surface area (Å²) in [6.45, 7) is 6.87. The predicted molar refractivity (Wildman–Crippen MR) is 154 cm³/mol. The molecule has 2 aromatic carbocycles. The first kappa shape index (κ1) is 28.2. The molecule has 0 fully saturated rings. The fraction of sp³-hybridized carbons (Fsp3) is 0.559. The third kappa shape index (κ3) is 9.96. The lowest BCUT2D eigenvalue weighted by molar-refractivity contribution is -0.703. The van der Waals surface area contributed by atoms with Crippen LogP contribution in [0.5, 0.6) is 0 Å². The van der Waals surface area contributed by atoms with Gasteiger partial charge in [-0.3, -0.25) is 0 Å². The van der Waals surface area contributed by atoms with Crippen molar-refractivity contribution in [3.8, 4) is 0 Å². The smallest absolute Gasteiger partial charge is 0.234 e. The molecule has 0 spiro atoms. The molecule has 196 valence electrons. The van der Waals surface area contributed by atoms with Gasteiger partial charge >= 0.3 is 0 Å². The number of rotatable bonds is 19. The van der Waals surface area contributed by atoms with Crippen LogP contribution in [0.1, 0.15) is 114 Å². The van der Waals surface area contributed by atoms with E-state index in [1.165, 1.54) is 94.0 Å². The van der Waals surface area contributed by atoms with Crippen LogP contribution < -0.4 is 4.57 Å². The summed E-state index contributed by atoms with van der Waals surface area (Å²) in [5, 5.41) is 0. The summed E-state index contributed by atoms with van der Waals surface area (Å²) in [6.07, 6.45) is 23.2. The number of unbranched alkanes of at least 4 members (excludes halogenated alkanes) is 9. The van der Waals surface area contributed by atoms with E-state index in [2.05, 4.69) is 96.0 Å². The summed E-state index contributed by atoms with van der Waals surface area (Å²) in [6, 6.07) is 22.2. The molecule has 0 amide bonds. The van der Waals surface area contributed by atoms with Crippen molar-refractivity contribution < 1.29 is 4.57 Å². The molecule has 1 atom stereocenters. The van der Waals surface area contributed by atoms with Crippen molar-refractivity contribution in [2.75, 3.05) is 0 Å². The van der Waals surface area contributed by atoms with E-state index >= 15 is 0 Å². The highest BCUT2D eigenvalue weighted by molar-refractivity contribution is 5.24. The second-order valence-electron chi connectivity index (χ2n) is 10.6. The minimum atomic E-state index is 0.546. The molecule has 0 saturated heterocycles. The van der Waals surface area contributed by atoms with E-state index < -0.39 is 0 Å². The number of hydrogen-bond acceptors (Lipinski definition) is 0. The number of hydrogen-bond donors (Lipinski definition) is 0. The Morgan fingerprint density at radius 2 is 1.31 bits per heavy atom. The Balaban J connectivity index is 1.53. The zero-order valence-corrected chi connectivity index (χ0v) is 23.2. The first-order valence-corrected chi connectivity index (χ1v) is 15.0. The molecular formula is C34H51N2+. The predicted octanol–water partition coefficient (Wildman–Crippen LogP) is 9.07. The maximum absolute atomic E-state index is 2.56. The molecule has 1 aromatic heterocycles. The molecule has 0 unspecified atom stereocenters. The molecule has 2 heteroatoms. The topological polar surface area (TPSA) is 8.81 Å². The highest BCUT2D eigenvalue weighted by atomic mass is 15.1. The quantitative estimate of drug-likeness (QED) is 0.118. The van der Waals surface area contributed by atoms with E-state index in [1.54, 1.807) is 0 Å². The van der Waals surface area contributed by atoms with Gasteiger partial charge in [0.15, 0.2) is 0 Å². The molecule has 0 aliphatic carbocycles. The Morgan fingerprint density at radius 3 is 1.94 bits per heavy atom. The van der Waals surface area contributed by atoms with Crippen molar-refractivity contribution in [2.24, 2.45) is 0 Å². The molecule has 3 aromatic rings. The van der Waals surface area contributed by atoms with Gasteiger partial charge in [0.2, 0.25) is 0 Å². The van der Waals surface area contributed by atoms with Crippen molar-refractivity contribution in [1.82, 2.24) is 4.57 Å². The Labute approximate surface area is 221 Å². The largest absolute Gasteiger partial charge is 0.256 e. The average molecular weight is 488 g/mol. The fourth-order valence-electron chi connectivity index (χ4n) is 5.52. The lowest BCUT2D eigenvalue weighted by atomic mass is 9.88. The van der Waals surface area contributed by atoms with Gasteiger partial charge in [0, 0.05) is 6.42 Å². The number of aryl methyl sites for hydroxylation is 2. The van der Waals surface area contributed by atoms with E-state index in [-0.39, 0.29) is 0 Å². The highest BCUT2D eigenvalue weighted by Gasteiger charge is 2.20. The SMILES string of the molecule is CCCCCCCCCCCCn1cc[n+](CCC)c1CC[C@@H](Cc1ccccc1)c1ccccc1.